The number of nitrogens with zero attached hydrogens (tertiary/aromatic N) is 1. The lowest BCUT2D eigenvalue weighted by Gasteiger charge is -2.13. The maximum Gasteiger partial charge on any atom is 0.181 e. The Morgan fingerprint density at radius 1 is 1.54 bits per heavy atom. The molecule has 0 aromatic heterocycles. The molecule has 0 saturated heterocycles. The van der Waals surface area contributed by atoms with E-state index in [-0.39, 0.29) is 0 Å². The third-order valence-electron chi connectivity index (χ3n) is 1.63. The molecule has 68 valence electrons. The lowest BCUT2D eigenvalue weighted by atomic mass is 10.3. The van der Waals surface area contributed by atoms with Gasteiger partial charge in [-0.3, -0.25) is 0 Å². The summed E-state index contributed by atoms with van der Waals surface area (Å²) in [5.41, 5.74) is 0.955. The first-order valence-corrected chi connectivity index (χ1v) is 5.25. The molecule has 0 unspecified atom stereocenters. The van der Waals surface area contributed by atoms with Crippen molar-refractivity contribution in [3.8, 4) is 5.75 Å². The minimum Gasteiger partial charge on any atom is -0.497 e. The smallest absolute Gasteiger partial charge is 0.181 e. The summed E-state index contributed by atoms with van der Waals surface area (Å²) in [4.78, 5) is 5.34. The minimum absolute atomic E-state index is 0.746. The van der Waals surface area contributed by atoms with Crippen LogP contribution in [0.4, 0.5) is 5.69 Å². The average Bonchev–Trinajstić information content (AvgIpc) is 2.17. The summed E-state index contributed by atoms with van der Waals surface area (Å²) >= 11 is 4.80. The van der Waals surface area contributed by atoms with Crippen LogP contribution in [0, 0.1) is 0 Å². The van der Waals surface area contributed by atoms with Gasteiger partial charge in [-0.15, -0.1) is 0 Å². The van der Waals surface area contributed by atoms with E-state index >= 15 is 0 Å². The van der Waals surface area contributed by atoms with Crippen molar-refractivity contribution in [2.24, 2.45) is 4.99 Å². The quantitative estimate of drug-likeness (QED) is 0.621. The van der Waals surface area contributed by atoms with Crippen LogP contribution in [-0.4, -0.2) is 11.9 Å². The summed E-state index contributed by atoms with van der Waals surface area (Å²) in [6, 6.07) is 5.79. The second kappa shape index (κ2) is 3.59. The maximum atomic E-state index is 5.11. The van der Waals surface area contributed by atoms with E-state index in [2.05, 4.69) is 25.6 Å². The van der Waals surface area contributed by atoms with Crippen LogP contribution < -0.4 is 9.46 Å². The Bertz CT molecular complexity index is 367. The fraction of sp³-hybridized carbons (Fsp3) is 0.125. The molecule has 1 aromatic rings. The zero-order valence-corrected chi connectivity index (χ0v) is 9.28. The first-order chi connectivity index (χ1) is 6.29. The molecule has 5 heteroatoms. The highest BCUT2D eigenvalue weighted by Crippen LogP contribution is 2.34. The number of aliphatic imine (C=N–C) groups is 1. The molecule has 0 spiro atoms. The highest BCUT2D eigenvalue weighted by Gasteiger charge is 2.10. The molecular weight excluding hydrogens is 252 g/mol. The summed E-state index contributed by atoms with van der Waals surface area (Å²) < 4.78 is 8.87. The van der Waals surface area contributed by atoms with E-state index in [1.807, 2.05) is 18.2 Å². The highest BCUT2D eigenvalue weighted by atomic mass is 79.9. The predicted octanol–water partition coefficient (Wildman–Crippen LogP) is 2.69. The van der Waals surface area contributed by atoms with Crippen LogP contribution in [-0.2, 0) is 0 Å². The first-order valence-electron chi connectivity index (χ1n) is 3.64. The Morgan fingerprint density at radius 2 is 2.38 bits per heavy atom. The van der Waals surface area contributed by atoms with Crippen LogP contribution >= 0.6 is 27.9 Å². The van der Waals surface area contributed by atoms with Crippen LogP contribution in [0.2, 0.25) is 0 Å². The van der Waals surface area contributed by atoms with Gasteiger partial charge in [-0.05, 0) is 46.1 Å². The average molecular weight is 259 g/mol. The van der Waals surface area contributed by atoms with Gasteiger partial charge in [-0.25, -0.2) is 4.99 Å². The lowest BCUT2D eigenvalue weighted by Crippen LogP contribution is -2.10. The monoisotopic (exact) mass is 258 g/mol. The number of methoxy groups -OCH3 is 1. The first kappa shape index (κ1) is 8.90. The molecule has 1 N–H and O–H groups in total. The van der Waals surface area contributed by atoms with E-state index in [9.17, 15) is 0 Å². The predicted molar refractivity (Wildman–Crippen MR) is 58.0 cm³/mol. The lowest BCUT2D eigenvalue weighted by molar-refractivity contribution is 0.414. The van der Waals surface area contributed by atoms with E-state index in [0.717, 1.165) is 21.1 Å². The van der Waals surface area contributed by atoms with Crippen LogP contribution in [0.5, 0.6) is 5.75 Å². The van der Waals surface area contributed by atoms with Crippen molar-refractivity contribution in [2.45, 2.75) is 4.90 Å². The second-order valence-electron chi connectivity index (χ2n) is 2.44. The Kier molecular flexibility index (Phi) is 2.46. The number of ether oxygens (including phenoxy) is 1. The molecule has 0 radical (unpaired) electrons. The number of amidine groups is 1. The van der Waals surface area contributed by atoms with Crippen LogP contribution in [0.25, 0.3) is 0 Å². The summed E-state index contributed by atoms with van der Waals surface area (Å²) in [6.45, 7) is 0. The number of benzene rings is 1. The third-order valence-corrected chi connectivity index (χ3v) is 3.11. The van der Waals surface area contributed by atoms with E-state index in [4.69, 9.17) is 4.74 Å². The van der Waals surface area contributed by atoms with Crippen molar-refractivity contribution < 1.29 is 4.74 Å². The van der Waals surface area contributed by atoms with E-state index in [1.54, 1.807) is 7.11 Å². The number of hydrogen-bond acceptors (Lipinski definition) is 4. The molecule has 2 rings (SSSR count). The van der Waals surface area contributed by atoms with Crippen molar-refractivity contribution in [1.29, 1.82) is 0 Å². The van der Waals surface area contributed by atoms with Gasteiger partial charge >= 0.3 is 0 Å². The van der Waals surface area contributed by atoms with E-state index < -0.39 is 0 Å². The van der Waals surface area contributed by atoms with Crippen molar-refractivity contribution in [3.05, 3.63) is 18.2 Å². The Hall–Kier alpha value is -0.680. The van der Waals surface area contributed by atoms with Gasteiger partial charge in [0.15, 0.2) is 4.74 Å². The van der Waals surface area contributed by atoms with Crippen molar-refractivity contribution >= 4 is 38.3 Å². The SMILES string of the molecule is COc1ccc2c(c1)SNC(Br)=N2. The summed E-state index contributed by atoms with van der Waals surface area (Å²) in [6.07, 6.45) is 0. The van der Waals surface area contributed by atoms with Gasteiger partial charge < -0.3 is 9.46 Å². The van der Waals surface area contributed by atoms with Crippen molar-refractivity contribution in [1.82, 2.24) is 4.72 Å². The largest absolute Gasteiger partial charge is 0.497 e. The molecule has 0 aliphatic carbocycles. The zero-order chi connectivity index (χ0) is 9.26. The van der Waals surface area contributed by atoms with Gasteiger partial charge in [0.05, 0.1) is 17.7 Å². The molecule has 0 bridgehead atoms. The molecule has 0 fully saturated rings. The minimum atomic E-state index is 0.746. The standard InChI is InChI=1S/C8H7BrN2OS/c1-12-5-2-3-6-7(4-5)13-11-8(9)10-6/h2-4H,1H3,(H,10,11). The van der Waals surface area contributed by atoms with Gasteiger partial charge in [0.25, 0.3) is 0 Å². The molecule has 1 aliphatic heterocycles. The Morgan fingerprint density at radius 3 is 3.15 bits per heavy atom. The van der Waals surface area contributed by atoms with E-state index in [0.29, 0.717) is 0 Å². The molecule has 13 heavy (non-hydrogen) atoms. The fourth-order valence-electron chi connectivity index (χ4n) is 1.02. The van der Waals surface area contributed by atoms with Gasteiger partial charge in [0, 0.05) is 0 Å². The number of halogens is 1. The van der Waals surface area contributed by atoms with Crippen molar-refractivity contribution in [2.75, 3.05) is 7.11 Å². The molecule has 1 aromatic carbocycles. The highest BCUT2D eigenvalue weighted by molar-refractivity contribution is 9.18. The van der Waals surface area contributed by atoms with Crippen LogP contribution in [0.1, 0.15) is 0 Å². The molecule has 1 aliphatic rings. The van der Waals surface area contributed by atoms with Gasteiger partial charge in [0.2, 0.25) is 0 Å². The summed E-state index contributed by atoms with van der Waals surface area (Å²) in [5, 5.41) is 0. The van der Waals surface area contributed by atoms with Crippen molar-refractivity contribution in [3.63, 3.8) is 0 Å². The Labute approximate surface area is 88.8 Å². The molecular formula is C8H7BrN2OS. The van der Waals surface area contributed by atoms with Gasteiger partial charge in [-0.1, -0.05) is 0 Å². The number of hydrogen-bond donors (Lipinski definition) is 1. The number of rotatable bonds is 1. The fourth-order valence-corrected chi connectivity index (χ4v) is 2.09. The molecule has 1 heterocycles. The zero-order valence-electron chi connectivity index (χ0n) is 6.87. The molecule has 0 atom stereocenters. The molecule has 0 amide bonds. The van der Waals surface area contributed by atoms with Gasteiger partial charge in [-0.2, -0.15) is 0 Å². The second-order valence-corrected chi connectivity index (χ2v) is 4.04. The van der Waals surface area contributed by atoms with E-state index in [1.165, 1.54) is 11.9 Å². The summed E-state index contributed by atoms with van der Waals surface area (Å²) in [5.74, 6) is 0.848. The molecule has 0 saturated carbocycles. The van der Waals surface area contributed by atoms with Crippen LogP contribution in [0.15, 0.2) is 28.1 Å². The normalized spacial score (nSPS) is 14.2. The van der Waals surface area contributed by atoms with Crippen LogP contribution in [0.3, 0.4) is 0 Å². The number of fused-ring (bicyclic) bond motifs is 1. The van der Waals surface area contributed by atoms with Gasteiger partial charge in [0.1, 0.15) is 5.75 Å². The topological polar surface area (TPSA) is 33.6 Å². The molecule has 3 nitrogen and oxygen atoms in total. The third kappa shape index (κ3) is 1.81. The number of nitrogens with one attached hydrogen (secondary N) is 1. The summed E-state index contributed by atoms with van der Waals surface area (Å²) in [7, 11) is 1.65. The maximum absolute atomic E-state index is 5.11. The Balaban J connectivity index is 2.43.